The highest BCUT2D eigenvalue weighted by Crippen LogP contribution is 2.26. The highest BCUT2D eigenvalue weighted by Gasteiger charge is 2.20. The molecule has 2 aromatic heterocycles. The fourth-order valence-electron chi connectivity index (χ4n) is 3.25. The van der Waals surface area contributed by atoms with E-state index in [1.54, 1.807) is 29.7 Å². The van der Waals surface area contributed by atoms with Crippen molar-refractivity contribution < 1.29 is 13.6 Å². The van der Waals surface area contributed by atoms with Crippen molar-refractivity contribution in [1.29, 1.82) is 0 Å². The van der Waals surface area contributed by atoms with Gasteiger partial charge in [-0.1, -0.05) is 18.2 Å². The molecule has 0 fully saturated rings. The van der Waals surface area contributed by atoms with Crippen LogP contribution in [-0.2, 0) is 11.3 Å². The van der Waals surface area contributed by atoms with E-state index in [4.69, 9.17) is 8.83 Å². The summed E-state index contributed by atoms with van der Waals surface area (Å²) in [7, 11) is 3.89. The topological polar surface area (TPSA) is 80.6 Å². The van der Waals surface area contributed by atoms with E-state index in [0.717, 1.165) is 11.0 Å². The quantitative estimate of drug-likeness (QED) is 0.541. The van der Waals surface area contributed by atoms with Crippen LogP contribution in [0, 0.1) is 0 Å². The van der Waals surface area contributed by atoms with E-state index in [9.17, 15) is 9.59 Å². The van der Waals surface area contributed by atoms with Crippen LogP contribution in [0.3, 0.4) is 0 Å². The smallest absolute Gasteiger partial charge is 0.419 e. The van der Waals surface area contributed by atoms with E-state index < -0.39 is 11.7 Å². The van der Waals surface area contributed by atoms with Gasteiger partial charge < -0.3 is 19.1 Å². The Labute approximate surface area is 167 Å². The fourth-order valence-corrected chi connectivity index (χ4v) is 3.25. The van der Waals surface area contributed by atoms with Crippen molar-refractivity contribution in [3.05, 3.63) is 64.8 Å². The van der Waals surface area contributed by atoms with Crippen LogP contribution in [0.5, 0.6) is 0 Å². The maximum atomic E-state index is 12.8. The SMILES string of the molecule is CC(C(=O)Nc1ccc2oc(=O)n(CCN(C)C)c2c1)c1cc2ccccc2o1. The van der Waals surface area contributed by atoms with Gasteiger partial charge in [0.25, 0.3) is 0 Å². The molecule has 1 unspecified atom stereocenters. The lowest BCUT2D eigenvalue weighted by atomic mass is 10.1. The molecule has 2 heterocycles. The van der Waals surface area contributed by atoms with Crippen molar-refractivity contribution in [2.75, 3.05) is 26.0 Å². The van der Waals surface area contributed by atoms with Crippen LogP contribution in [0.4, 0.5) is 5.69 Å². The molecular weight excluding hydrogens is 370 g/mol. The van der Waals surface area contributed by atoms with E-state index in [2.05, 4.69) is 5.32 Å². The van der Waals surface area contributed by atoms with Crippen molar-refractivity contribution in [2.45, 2.75) is 19.4 Å². The van der Waals surface area contributed by atoms with Crippen molar-refractivity contribution in [2.24, 2.45) is 0 Å². The summed E-state index contributed by atoms with van der Waals surface area (Å²) in [6.07, 6.45) is 0. The van der Waals surface area contributed by atoms with Crippen molar-refractivity contribution in [1.82, 2.24) is 9.47 Å². The van der Waals surface area contributed by atoms with Gasteiger partial charge in [-0.3, -0.25) is 9.36 Å². The van der Waals surface area contributed by atoms with Gasteiger partial charge in [-0.2, -0.15) is 0 Å². The number of benzene rings is 2. The number of anilines is 1. The van der Waals surface area contributed by atoms with Gasteiger partial charge in [0.05, 0.1) is 11.4 Å². The standard InChI is InChI=1S/C22H23N3O4/c1-14(20-12-15-6-4-5-7-18(15)28-20)21(26)23-16-8-9-19-17(13-16)25(22(27)29-19)11-10-24(2)3/h4-9,12-14H,10-11H2,1-3H3,(H,23,26). The average molecular weight is 393 g/mol. The number of likely N-dealkylation sites (N-methyl/N-ethyl adjacent to an activating group) is 1. The van der Waals surface area contributed by atoms with Gasteiger partial charge in [0.1, 0.15) is 11.3 Å². The van der Waals surface area contributed by atoms with Gasteiger partial charge in [0.2, 0.25) is 5.91 Å². The second kappa shape index (κ2) is 7.60. The monoisotopic (exact) mass is 393 g/mol. The normalized spacial score (nSPS) is 12.7. The molecule has 1 atom stereocenters. The molecule has 1 amide bonds. The number of hydrogen-bond donors (Lipinski definition) is 1. The molecule has 1 N–H and O–H groups in total. The number of hydrogen-bond acceptors (Lipinski definition) is 5. The Hall–Kier alpha value is -3.32. The number of aromatic nitrogens is 1. The molecule has 0 aliphatic carbocycles. The molecule has 0 spiro atoms. The number of oxazole rings is 1. The van der Waals surface area contributed by atoms with Gasteiger partial charge in [0, 0.05) is 24.2 Å². The highest BCUT2D eigenvalue weighted by molar-refractivity contribution is 5.97. The van der Waals surface area contributed by atoms with Gasteiger partial charge in [-0.25, -0.2) is 4.79 Å². The third-order valence-electron chi connectivity index (χ3n) is 4.97. The van der Waals surface area contributed by atoms with Crippen molar-refractivity contribution >= 4 is 33.7 Å². The lowest BCUT2D eigenvalue weighted by Gasteiger charge is -2.11. The number of carbonyl (C=O) groups excluding carboxylic acids is 1. The Morgan fingerprint density at radius 2 is 1.90 bits per heavy atom. The molecule has 0 bridgehead atoms. The number of nitrogens with one attached hydrogen (secondary N) is 1. The molecular formula is C22H23N3O4. The Balaban J connectivity index is 1.57. The Bertz CT molecular complexity index is 1200. The molecule has 7 heteroatoms. The van der Waals surface area contributed by atoms with Crippen LogP contribution in [-0.4, -0.2) is 36.0 Å². The minimum Gasteiger partial charge on any atom is -0.460 e. The molecule has 7 nitrogen and oxygen atoms in total. The highest BCUT2D eigenvalue weighted by atomic mass is 16.4. The number of para-hydroxylation sites is 1. The van der Waals surface area contributed by atoms with Gasteiger partial charge in [-0.05, 0) is 51.4 Å². The summed E-state index contributed by atoms with van der Waals surface area (Å²) in [5.41, 5.74) is 2.51. The molecule has 29 heavy (non-hydrogen) atoms. The van der Waals surface area contributed by atoms with Crippen LogP contribution in [0.25, 0.3) is 22.1 Å². The fraction of sp³-hybridized carbons (Fsp3) is 0.273. The van der Waals surface area contributed by atoms with E-state index in [0.29, 0.717) is 35.6 Å². The molecule has 0 radical (unpaired) electrons. The predicted octanol–water partition coefficient (Wildman–Crippen LogP) is 3.64. The number of amides is 1. The van der Waals surface area contributed by atoms with E-state index in [1.165, 1.54) is 0 Å². The Morgan fingerprint density at radius 1 is 1.10 bits per heavy atom. The molecule has 4 rings (SSSR count). The zero-order valence-electron chi connectivity index (χ0n) is 16.6. The number of furan rings is 1. The van der Waals surface area contributed by atoms with Gasteiger partial charge >= 0.3 is 5.76 Å². The number of nitrogens with zero attached hydrogens (tertiary/aromatic N) is 2. The number of fused-ring (bicyclic) bond motifs is 2. The average Bonchev–Trinajstić information content (AvgIpc) is 3.25. The zero-order chi connectivity index (χ0) is 20.5. The first kappa shape index (κ1) is 19.0. The largest absolute Gasteiger partial charge is 0.460 e. The number of carbonyl (C=O) groups is 1. The molecule has 150 valence electrons. The van der Waals surface area contributed by atoms with Crippen LogP contribution in [0.2, 0.25) is 0 Å². The van der Waals surface area contributed by atoms with Crippen LogP contribution in [0.15, 0.2) is 62.2 Å². The third-order valence-corrected chi connectivity index (χ3v) is 4.97. The summed E-state index contributed by atoms with van der Waals surface area (Å²) in [6, 6.07) is 14.7. The summed E-state index contributed by atoms with van der Waals surface area (Å²) in [5, 5.41) is 3.88. The summed E-state index contributed by atoms with van der Waals surface area (Å²) in [4.78, 5) is 26.9. The first-order valence-electron chi connectivity index (χ1n) is 9.50. The molecule has 0 aliphatic rings. The second-order valence-corrected chi connectivity index (χ2v) is 7.40. The van der Waals surface area contributed by atoms with E-state index in [-0.39, 0.29) is 5.91 Å². The van der Waals surface area contributed by atoms with E-state index >= 15 is 0 Å². The molecule has 0 saturated carbocycles. The molecule has 2 aromatic carbocycles. The van der Waals surface area contributed by atoms with E-state index in [1.807, 2.05) is 49.3 Å². The zero-order valence-corrected chi connectivity index (χ0v) is 16.6. The first-order chi connectivity index (χ1) is 13.9. The maximum Gasteiger partial charge on any atom is 0.419 e. The van der Waals surface area contributed by atoms with Gasteiger partial charge in [-0.15, -0.1) is 0 Å². The molecule has 0 saturated heterocycles. The summed E-state index contributed by atoms with van der Waals surface area (Å²) in [6.45, 7) is 3.01. The lowest BCUT2D eigenvalue weighted by Crippen LogP contribution is -2.23. The lowest BCUT2D eigenvalue weighted by molar-refractivity contribution is -0.117. The summed E-state index contributed by atoms with van der Waals surface area (Å²) < 4.78 is 12.7. The Morgan fingerprint density at radius 3 is 2.66 bits per heavy atom. The van der Waals surface area contributed by atoms with Crippen LogP contribution < -0.4 is 11.1 Å². The van der Waals surface area contributed by atoms with Crippen LogP contribution in [0.1, 0.15) is 18.6 Å². The van der Waals surface area contributed by atoms with Crippen molar-refractivity contribution in [3.8, 4) is 0 Å². The minimum absolute atomic E-state index is 0.186. The predicted molar refractivity (Wildman–Crippen MR) is 112 cm³/mol. The van der Waals surface area contributed by atoms with Gasteiger partial charge in [0.15, 0.2) is 5.58 Å². The third kappa shape index (κ3) is 3.82. The van der Waals surface area contributed by atoms with Crippen LogP contribution >= 0.6 is 0 Å². The first-order valence-corrected chi connectivity index (χ1v) is 9.50. The number of rotatable bonds is 6. The Kier molecular flexibility index (Phi) is 4.98. The maximum absolute atomic E-state index is 12.8. The molecule has 0 aliphatic heterocycles. The summed E-state index contributed by atoms with van der Waals surface area (Å²) in [5.74, 6) is -0.440. The molecule has 4 aromatic rings. The minimum atomic E-state index is -0.460. The second-order valence-electron chi connectivity index (χ2n) is 7.40. The summed E-state index contributed by atoms with van der Waals surface area (Å²) >= 11 is 0. The van der Waals surface area contributed by atoms with Crippen molar-refractivity contribution in [3.63, 3.8) is 0 Å².